The molecule has 2 aliphatic rings. The summed E-state index contributed by atoms with van der Waals surface area (Å²) in [4.78, 5) is 105. The summed E-state index contributed by atoms with van der Waals surface area (Å²) < 4.78 is 0. The van der Waals surface area contributed by atoms with Crippen LogP contribution in [0.3, 0.4) is 0 Å². The van der Waals surface area contributed by atoms with E-state index in [-0.39, 0.29) is 82.6 Å². The number of guanidine groups is 1. The first-order valence-electron chi connectivity index (χ1n) is 21.4. The maximum atomic E-state index is 14.4. The van der Waals surface area contributed by atoms with Gasteiger partial charge in [-0.15, -0.1) is 0 Å². The van der Waals surface area contributed by atoms with Crippen molar-refractivity contribution in [3.05, 3.63) is 71.9 Å². The van der Waals surface area contributed by atoms with Crippen LogP contribution in [0.2, 0.25) is 0 Å². The van der Waals surface area contributed by atoms with Gasteiger partial charge in [-0.2, -0.15) is 0 Å². The molecule has 0 radical (unpaired) electrons. The van der Waals surface area contributed by atoms with Crippen LogP contribution in [0.1, 0.15) is 82.3 Å². The Kier molecular flexibility index (Phi) is 17.0. The molecule has 3 aromatic rings. The van der Waals surface area contributed by atoms with Gasteiger partial charge in [0.25, 0.3) is 0 Å². The van der Waals surface area contributed by atoms with E-state index in [1.807, 2.05) is 24.3 Å². The zero-order valence-electron chi connectivity index (χ0n) is 35.1. The number of aliphatic hydroxyl groups excluding tert-OH is 1. The van der Waals surface area contributed by atoms with Gasteiger partial charge in [0.15, 0.2) is 5.96 Å². The number of H-pyrrole nitrogens is 1. The van der Waals surface area contributed by atoms with Crippen LogP contribution in [-0.4, -0.2) is 112 Å². The van der Waals surface area contributed by atoms with E-state index in [1.165, 1.54) is 4.90 Å². The molecule has 2 fully saturated rings. The fourth-order valence-corrected chi connectivity index (χ4v) is 7.99. The van der Waals surface area contributed by atoms with Crippen molar-refractivity contribution in [1.82, 2.24) is 31.2 Å². The highest BCUT2D eigenvalue weighted by molar-refractivity contribution is 5.97. The highest BCUT2D eigenvalue weighted by Crippen LogP contribution is 2.24. The summed E-state index contributed by atoms with van der Waals surface area (Å²) in [7, 11) is 0. The van der Waals surface area contributed by atoms with Gasteiger partial charge in [0.2, 0.25) is 35.4 Å². The largest absolute Gasteiger partial charge is 0.391 e. The Balaban J connectivity index is 1.49. The number of carbonyl (C=O) groups excluding carboxylic acids is 7. The van der Waals surface area contributed by atoms with Crippen LogP contribution < -0.4 is 38.5 Å². The normalized spacial score (nSPS) is 25.5. The highest BCUT2D eigenvalue weighted by atomic mass is 16.3. The number of primary amides is 1. The number of rotatable bonds is 9. The molecule has 1 aromatic heterocycles. The molecule has 0 bridgehead atoms. The molecule has 0 spiro atoms. The summed E-state index contributed by atoms with van der Waals surface area (Å²) in [6.07, 6.45) is 3.27. The summed E-state index contributed by atoms with van der Waals surface area (Å²) in [5, 5.41) is 22.6. The van der Waals surface area contributed by atoms with Crippen molar-refractivity contribution in [1.29, 1.82) is 0 Å². The number of Topliss-reactive ketones (excluding diaryl/α,β-unsaturated/α-hetero) is 1. The first-order chi connectivity index (χ1) is 29.7. The number of hydrogen-bond acceptors (Lipinski definition) is 9. The highest BCUT2D eigenvalue weighted by Gasteiger charge is 2.41. The van der Waals surface area contributed by atoms with Crippen molar-refractivity contribution in [3.8, 4) is 0 Å². The Morgan fingerprint density at radius 3 is 2.18 bits per heavy atom. The van der Waals surface area contributed by atoms with E-state index in [0.29, 0.717) is 30.4 Å². The van der Waals surface area contributed by atoms with E-state index in [0.717, 1.165) is 10.9 Å². The molecule has 3 heterocycles. The molecule has 2 aliphatic heterocycles. The van der Waals surface area contributed by atoms with Gasteiger partial charge < -0.3 is 53.5 Å². The standard InChI is InChI=1S/C44H60N10O8/c1-26-18-19-29(55)13-6-3-7-16-33(38(45)57)50-41(60)36(22-28-24-49-32-15-9-8-14-31(28)32)52-39(58)34(17-10-20-48-44(46)47)51-40(59)35(21-27-11-4-2-5-12-27)53-42(61)37-23-30(56)25-54(37)43(26)62/h2,4-5,8-9,11-12,14-15,24,26,30,33-37,49,56H,3,6-7,10,13,16-23,25H2,1H3,(H2,45,57)(H,50,60)(H,51,59)(H,52,58)(H,53,61)(H4,46,47,48)/t26-,30+,33-,34-,35+,36-,37-/m0/s1. The van der Waals surface area contributed by atoms with Crippen molar-refractivity contribution >= 4 is 58.1 Å². The number of aliphatic imine (C=N–C) groups is 1. The molecule has 5 rings (SSSR count). The quantitative estimate of drug-likeness (QED) is 0.0808. The predicted octanol–water partition coefficient (Wildman–Crippen LogP) is 0.343. The molecule has 0 aliphatic carbocycles. The van der Waals surface area contributed by atoms with Gasteiger partial charge in [-0.3, -0.25) is 38.6 Å². The fraction of sp³-hybridized carbons (Fsp3) is 0.500. The molecule has 6 amide bonds. The minimum atomic E-state index is -1.27. The first-order valence-corrected chi connectivity index (χ1v) is 21.4. The Bertz CT molecular complexity index is 2090. The number of aromatic nitrogens is 1. The third-order valence-electron chi connectivity index (χ3n) is 11.5. The number of para-hydroxylation sites is 1. The van der Waals surface area contributed by atoms with Crippen molar-refractivity contribution in [3.63, 3.8) is 0 Å². The van der Waals surface area contributed by atoms with Crippen LogP contribution in [-0.2, 0) is 46.4 Å². The number of aromatic amines is 1. The maximum Gasteiger partial charge on any atom is 0.243 e. The molecule has 0 saturated carbocycles. The van der Waals surface area contributed by atoms with Gasteiger partial charge in [0.1, 0.15) is 36.0 Å². The monoisotopic (exact) mass is 856 g/mol. The lowest BCUT2D eigenvalue weighted by Gasteiger charge is -2.29. The summed E-state index contributed by atoms with van der Waals surface area (Å²) in [6.45, 7) is 1.70. The molecule has 18 nitrogen and oxygen atoms in total. The van der Waals surface area contributed by atoms with Crippen LogP contribution in [0.5, 0.6) is 0 Å². The lowest BCUT2D eigenvalue weighted by Crippen LogP contribution is -2.59. The van der Waals surface area contributed by atoms with Crippen molar-refractivity contribution in [2.24, 2.45) is 28.1 Å². The van der Waals surface area contributed by atoms with E-state index in [9.17, 15) is 38.7 Å². The Labute approximate surface area is 360 Å². The fourth-order valence-electron chi connectivity index (χ4n) is 7.99. The van der Waals surface area contributed by atoms with Crippen molar-refractivity contribution in [2.45, 2.75) is 120 Å². The number of benzene rings is 2. The second kappa shape index (κ2) is 22.5. The Morgan fingerprint density at radius 1 is 0.774 bits per heavy atom. The van der Waals surface area contributed by atoms with E-state index >= 15 is 0 Å². The number of nitrogens with one attached hydrogen (secondary N) is 5. The van der Waals surface area contributed by atoms with E-state index in [1.54, 1.807) is 43.5 Å². The third-order valence-corrected chi connectivity index (χ3v) is 11.5. The zero-order chi connectivity index (χ0) is 44.8. The lowest BCUT2D eigenvalue weighted by atomic mass is 9.98. The van der Waals surface area contributed by atoms with Gasteiger partial charge >= 0.3 is 0 Å². The molecular formula is C44H60N10O8. The lowest BCUT2D eigenvalue weighted by molar-refractivity contribution is -0.142. The van der Waals surface area contributed by atoms with E-state index in [2.05, 4.69) is 31.2 Å². The zero-order valence-corrected chi connectivity index (χ0v) is 35.1. The summed E-state index contributed by atoms with van der Waals surface area (Å²) >= 11 is 0. The number of aliphatic hydroxyl groups is 1. The average molecular weight is 857 g/mol. The SMILES string of the molecule is C[C@H]1CCC(=O)CCCCC[C@@H](C(N)=O)NC(=O)[C@H](Cc2c[nH]c3ccccc23)NC(=O)[C@H](CCCN=C(N)N)NC(=O)[C@@H](Cc2ccccc2)NC(=O)[C@@H]2C[C@@H](O)CN2C1=O. The number of carbonyl (C=O) groups is 7. The summed E-state index contributed by atoms with van der Waals surface area (Å²) in [5.41, 5.74) is 19.0. The average Bonchev–Trinajstić information content (AvgIpc) is 3.85. The minimum absolute atomic E-state index is 0.00237. The van der Waals surface area contributed by atoms with E-state index in [4.69, 9.17) is 17.2 Å². The smallest absolute Gasteiger partial charge is 0.243 e. The molecule has 7 atom stereocenters. The number of nitrogens with zero attached hydrogens (tertiary/aromatic N) is 2. The first kappa shape index (κ1) is 46.8. The molecule has 2 saturated heterocycles. The number of hydrogen-bond donors (Lipinski definition) is 9. The van der Waals surface area contributed by atoms with Gasteiger partial charge in [-0.25, -0.2) is 0 Å². The van der Waals surface area contributed by atoms with E-state index < -0.39 is 77.7 Å². The molecular weight excluding hydrogens is 797 g/mol. The third kappa shape index (κ3) is 13.3. The van der Waals surface area contributed by atoms with Crippen LogP contribution >= 0.6 is 0 Å². The minimum Gasteiger partial charge on any atom is -0.391 e. The number of ketones is 1. The van der Waals surface area contributed by atoms with Crippen LogP contribution in [0.25, 0.3) is 10.9 Å². The Hall–Kier alpha value is -6.30. The van der Waals surface area contributed by atoms with Gasteiger partial charge in [0.05, 0.1) is 6.10 Å². The maximum absolute atomic E-state index is 14.4. The molecule has 12 N–H and O–H groups in total. The van der Waals surface area contributed by atoms with Crippen molar-refractivity contribution < 1.29 is 38.7 Å². The molecule has 2 aromatic carbocycles. The number of fused-ring (bicyclic) bond motifs is 2. The molecule has 62 heavy (non-hydrogen) atoms. The summed E-state index contributed by atoms with van der Waals surface area (Å²) in [6, 6.07) is 10.4. The second-order valence-corrected chi connectivity index (χ2v) is 16.3. The molecule has 18 heteroatoms. The summed E-state index contributed by atoms with van der Waals surface area (Å²) in [5.74, 6) is -4.81. The van der Waals surface area contributed by atoms with Crippen LogP contribution in [0.4, 0.5) is 0 Å². The molecule has 334 valence electrons. The van der Waals surface area contributed by atoms with Gasteiger partial charge in [-0.1, -0.05) is 68.3 Å². The van der Waals surface area contributed by atoms with Crippen LogP contribution in [0, 0.1) is 5.92 Å². The number of amides is 6. The predicted molar refractivity (Wildman–Crippen MR) is 232 cm³/mol. The van der Waals surface area contributed by atoms with Crippen molar-refractivity contribution in [2.75, 3.05) is 13.1 Å². The van der Waals surface area contributed by atoms with Gasteiger partial charge in [0, 0.05) is 68.2 Å². The van der Waals surface area contributed by atoms with Crippen LogP contribution in [0.15, 0.2) is 65.8 Å². The molecule has 0 unspecified atom stereocenters. The Morgan fingerprint density at radius 2 is 1.44 bits per heavy atom. The van der Waals surface area contributed by atoms with Gasteiger partial charge in [-0.05, 0) is 49.3 Å². The second-order valence-electron chi connectivity index (χ2n) is 16.3. The number of nitrogens with two attached hydrogens (primary N) is 3. The topological polar surface area (TPSA) is 297 Å².